The first kappa shape index (κ1) is 5.28. The van der Waals surface area contributed by atoms with Gasteiger partial charge in [-0.25, -0.2) is 0 Å². The molecule has 3 heteroatoms. The van der Waals surface area contributed by atoms with Crippen LogP contribution in [0.15, 0.2) is 6.20 Å². The zero-order valence-corrected chi connectivity index (χ0v) is 4.97. The van der Waals surface area contributed by atoms with Crippen LogP contribution in [0.25, 0.3) is 0 Å². The molecule has 1 N–H and O–H groups in total. The van der Waals surface area contributed by atoms with Crippen LogP contribution < -0.4 is 0 Å². The lowest BCUT2D eigenvalue weighted by Gasteiger charge is -1.91. The zero-order chi connectivity index (χ0) is 5.98. The van der Waals surface area contributed by atoms with E-state index in [-0.39, 0.29) is 0 Å². The number of nitrogens with zero attached hydrogens (tertiary/aromatic N) is 2. The summed E-state index contributed by atoms with van der Waals surface area (Å²) in [5.41, 5.74) is 0.935. The third-order valence-corrected chi connectivity index (χ3v) is 0.929. The molecule has 1 heterocycles. The summed E-state index contributed by atoms with van der Waals surface area (Å²) in [6.07, 6.45) is 1.77. The van der Waals surface area contributed by atoms with Crippen molar-refractivity contribution in [3.05, 3.63) is 17.8 Å². The number of hydrogen-bond acceptors (Lipinski definition) is 2. The van der Waals surface area contributed by atoms with Gasteiger partial charge in [0, 0.05) is 12.1 Å². The van der Waals surface area contributed by atoms with Gasteiger partial charge in [-0.15, -0.1) is 5.10 Å². The first-order chi connectivity index (χ1) is 3.80. The summed E-state index contributed by atoms with van der Waals surface area (Å²) in [6.45, 7) is 4.00. The number of aromatic amines is 1. The van der Waals surface area contributed by atoms with Crippen molar-refractivity contribution in [2.45, 2.75) is 13.8 Å². The van der Waals surface area contributed by atoms with Gasteiger partial charge in [-0.05, 0) is 0 Å². The molecule has 0 fully saturated rings. The maximum absolute atomic E-state index is 3.77. The molecule has 0 saturated heterocycles. The molecule has 0 aliphatic carbocycles. The van der Waals surface area contributed by atoms with Gasteiger partial charge in [0.25, 0.3) is 0 Å². The lowest BCUT2D eigenvalue weighted by atomic mass is 10.2. The Hall–Kier alpha value is -0.860. The van der Waals surface area contributed by atoms with Gasteiger partial charge < -0.3 is 0 Å². The standard InChI is InChI=1S/C5H8N3/c1-4(2)5-3-6-8-7-5/h3H,1-2H3,(H,6,7,8). The summed E-state index contributed by atoms with van der Waals surface area (Å²) in [5, 5.41) is 9.95. The number of H-pyrrole nitrogens is 1. The second kappa shape index (κ2) is 1.94. The van der Waals surface area contributed by atoms with Crippen molar-refractivity contribution in [3.63, 3.8) is 0 Å². The molecule has 0 atom stereocenters. The Morgan fingerprint density at radius 2 is 2.38 bits per heavy atom. The SMILES string of the molecule is C[C](C)c1c[nH]nn1. The van der Waals surface area contributed by atoms with Gasteiger partial charge in [0.1, 0.15) is 0 Å². The number of nitrogens with one attached hydrogen (secondary N) is 1. The molecule has 0 bridgehead atoms. The Morgan fingerprint density at radius 3 is 2.62 bits per heavy atom. The van der Waals surface area contributed by atoms with E-state index in [1.807, 2.05) is 13.8 Å². The monoisotopic (exact) mass is 110 g/mol. The maximum atomic E-state index is 3.77. The van der Waals surface area contributed by atoms with Crippen molar-refractivity contribution >= 4 is 0 Å². The molecule has 0 saturated carbocycles. The van der Waals surface area contributed by atoms with Gasteiger partial charge in [-0.3, -0.25) is 5.10 Å². The van der Waals surface area contributed by atoms with Crippen LogP contribution in [0.5, 0.6) is 0 Å². The molecule has 0 spiro atoms. The van der Waals surface area contributed by atoms with Crippen LogP contribution in [0.2, 0.25) is 0 Å². The summed E-state index contributed by atoms with van der Waals surface area (Å²) >= 11 is 0. The summed E-state index contributed by atoms with van der Waals surface area (Å²) in [6, 6.07) is 0. The summed E-state index contributed by atoms with van der Waals surface area (Å²) < 4.78 is 0. The number of rotatable bonds is 1. The van der Waals surface area contributed by atoms with E-state index in [0.717, 1.165) is 5.69 Å². The minimum atomic E-state index is 0.935. The fourth-order valence-corrected chi connectivity index (χ4v) is 0.446. The van der Waals surface area contributed by atoms with E-state index < -0.39 is 0 Å². The lowest BCUT2D eigenvalue weighted by Crippen LogP contribution is -1.86. The van der Waals surface area contributed by atoms with E-state index in [4.69, 9.17) is 0 Å². The van der Waals surface area contributed by atoms with E-state index in [1.54, 1.807) is 6.20 Å². The Morgan fingerprint density at radius 1 is 1.62 bits per heavy atom. The molecule has 43 valence electrons. The minimum absolute atomic E-state index is 0.935. The summed E-state index contributed by atoms with van der Waals surface area (Å²) in [5.74, 6) is 1.18. The first-order valence-corrected chi connectivity index (χ1v) is 2.47. The second-order valence-electron chi connectivity index (χ2n) is 1.86. The van der Waals surface area contributed by atoms with Crippen molar-refractivity contribution in [2.24, 2.45) is 0 Å². The molecule has 1 rings (SSSR count). The minimum Gasteiger partial charge on any atom is -0.265 e. The average molecular weight is 110 g/mol. The number of aromatic nitrogens is 3. The van der Waals surface area contributed by atoms with Crippen LogP contribution >= 0.6 is 0 Å². The maximum Gasteiger partial charge on any atom is 0.0889 e. The molecule has 0 aliphatic heterocycles. The molecule has 8 heavy (non-hydrogen) atoms. The highest BCUT2D eigenvalue weighted by Crippen LogP contribution is 2.04. The van der Waals surface area contributed by atoms with Gasteiger partial charge in [0.05, 0.1) is 5.69 Å². The van der Waals surface area contributed by atoms with E-state index in [1.165, 1.54) is 5.92 Å². The van der Waals surface area contributed by atoms with E-state index in [9.17, 15) is 0 Å². The van der Waals surface area contributed by atoms with Crippen LogP contribution in [-0.2, 0) is 0 Å². The van der Waals surface area contributed by atoms with Crippen LogP contribution in [0.1, 0.15) is 19.5 Å². The lowest BCUT2D eigenvalue weighted by molar-refractivity contribution is 0.915. The van der Waals surface area contributed by atoms with Crippen LogP contribution in [0.3, 0.4) is 0 Å². The van der Waals surface area contributed by atoms with Crippen molar-refractivity contribution in [1.82, 2.24) is 15.4 Å². The fourth-order valence-electron chi connectivity index (χ4n) is 0.446. The molecule has 1 radical (unpaired) electrons. The van der Waals surface area contributed by atoms with Crippen molar-refractivity contribution in [3.8, 4) is 0 Å². The first-order valence-electron chi connectivity index (χ1n) is 2.47. The molecule has 1 aromatic rings. The number of hydrogen-bond donors (Lipinski definition) is 1. The van der Waals surface area contributed by atoms with Crippen LogP contribution in [0.4, 0.5) is 0 Å². The highest BCUT2D eigenvalue weighted by molar-refractivity contribution is 5.12. The predicted octanol–water partition coefficient (Wildman–Crippen LogP) is 0.767. The Labute approximate surface area is 48.1 Å². The molecular formula is C5H8N3. The third-order valence-electron chi connectivity index (χ3n) is 0.929. The molecule has 3 nitrogen and oxygen atoms in total. The van der Waals surface area contributed by atoms with Gasteiger partial charge >= 0.3 is 0 Å². The Bertz CT molecular complexity index is 143. The van der Waals surface area contributed by atoms with Gasteiger partial charge in [-0.1, -0.05) is 19.1 Å². The van der Waals surface area contributed by atoms with E-state index >= 15 is 0 Å². The Balaban J connectivity index is 2.77. The second-order valence-corrected chi connectivity index (χ2v) is 1.86. The highest BCUT2D eigenvalue weighted by Gasteiger charge is 1.99. The molecule has 0 aliphatic rings. The molecule has 0 aromatic carbocycles. The molecule has 0 unspecified atom stereocenters. The molecule has 1 aromatic heterocycles. The van der Waals surface area contributed by atoms with Crippen LogP contribution in [-0.4, -0.2) is 15.4 Å². The average Bonchev–Trinajstić information content (AvgIpc) is 2.12. The summed E-state index contributed by atoms with van der Waals surface area (Å²) in [4.78, 5) is 0. The largest absolute Gasteiger partial charge is 0.265 e. The smallest absolute Gasteiger partial charge is 0.0889 e. The topological polar surface area (TPSA) is 41.6 Å². The summed E-state index contributed by atoms with van der Waals surface area (Å²) in [7, 11) is 0. The van der Waals surface area contributed by atoms with Gasteiger partial charge in [-0.2, -0.15) is 0 Å². The van der Waals surface area contributed by atoms with Crippen molar-refractivity contribution in [2.75, 3.05) is 0 Å². The van der Waals surface area contributed by atoms with Crippen LogP contribution in [0, 0.1) is 5.92 Å². The van der Waals surface area contributed by atoms with Crippen molar-refractivity contribution in [1.29, 1.82) is 0 Å². The van der Waals surface area contributed by atoms with Gasteiger partial charge in [0.15, 0.2) is 0 Å². The zero-order valence-electron chi connectivity index (χ0n) is 4.97. The van der Waals surface area contributed by atoms with E-state index in [2.05, 4.69) is 15.4 Å². The quantitative estimate of drug-likeness (QED) is 0.580. The van der Waals surface area contributed by atoms with E-state index in [0.29, 0.717) is 0 Å². The predicted molar refractivity (Wildman–Crippen MR) is 30.1 cm³/mol. The Kier molecular flexibility index (Phi) is 1.28. The third kappa shape index (κ3) is 0.857. The molecule has 0 amide bonds. The van der Waals surface area contributed by atoms with Crippen molar-refractivity contribution < 1.29 is 0 Å². The molecular weight excluding hydrogens is 102 g/mol. The fraction of sp³-hybridized carbons (Fsp3) is 0.400. The van der Waals surface area contributed by atoms with Gasteiger partial charge in [0.2, 0.25) is 0 Å². The normalized spacial score (nSPS) is 10.4. The highest BCUT2D eigenvalue weighted by atomic mass is 15.3.